The summed E-state index contributed by atoms with van der Waals surface area (Å²) < 4.78 is 5.72. The van der Waals surface area contributed by atoms with E-state index in [-0.39, 0.29) is 30.5 Å². The number of unbranched alkanes of at least 4 members (excludes halogenated alkanes) is 1. The maximum absolute atomic E-state index is 12.7. The van der Waals surface area contributed by atoms with Crippen molar-refractivity contribution in [2.75, 3.05) is 18.4 Å². The second kappa shape index (κ2) is 8.72. The van der Waals surface area contributed by atoms with E-state index in [0.29, 0.717) is 0 Å². The summed E-state index contributed by atoms with van der Waals surface area (Å²) in [5.41, 5.74) is 2.09. The molecule has 1 saturated heterocycles. The summed E-state index contributed by atoms with van der Waals surface area (Å²) in [5.74, 6) is 1.10. The first-order valence-electron chi connectivity index (χ1n) is 9.02. The van der Waals surface area contributed by atoms with Crippen LogP contribution in [0.4, 0.5) is 5.69 Å². The summed E-state index contributed by atoms with van der Waals surface area (Å²) in [7, 11) is 0. The zero-order chi connectivity index (χ0) is 16.2. The number of nitrogens with one attached hydrogen (secondary N) is 1. The van der Waals surface area contributed by atoms with Crippen molar-refractivity contribution in [1.29, 1.82) is 0 Å². The Morgan fingerprint density at radius 3 is 3.00 bits per heavy atom. The summed E-state index contributed by atoms with van der Waals surface area (Å²) in [6.07, 6.45) is 6.83. The fraction of sp³-hybridized carbons (Fsp3) is 0.632. The summed E-state index contributed by atoms with van der Waals surface area (Å²) in [5, 5.41) is 3.13. The molecule has 1 fully saturated rings. The second-order valence-electron chi connectivity index (χ2n) is 6.85. The van der Waals surface area contributed by atoms with Crippen molar-refractivity contribution in [2.24, 2.45) is 0 Å². The Hall–Kier alpha value is -1.26. The number of halogens is 1. The van der Waals surface area contributed by atoms with Gasteiger partial charge in [-0.3, -0.25) is 9.69 Å². The summed E-state index contributed by atoms with van der Waals surface area (Å²) in [6, 6.07) is 6.02. The van der Waals surface area contributed by atoms with Gasteiger partial charge in [0.25, 0.3) is 0 Å². The largest absolute Gasteiger partial charge is 0.490 e. The third-order valence-corrected chi connectivity index (χ3v) is 4.88. The number of carbonyl (C=O) groups excluding carboxylic acids is 1. The molecule has 1 aromatic rings. The van der Waals surface area contributed by atoms with Crippen LogP contribution in [-0.2, 0) is 11.2 Å². The molecule has 0 saturated carbocycles. The topological polar surface area (TPSA) is 41.6 Å². The summed E-state index contributed by atoms with van der Waals surface area (Å²) in [4.78, 5) is 15.1. The van der Waals surface area contributed by atoms with E-state index in [4.69, 9.17) is 4.74 Å². The van der Waals surface area contributed by atoms with Crippen molar-refractivity contribution in [3.63, 3.8) is 0 Å². The average Bonchev–Trinajstić information content (AvgIpc) is 2.92. The number of hydrogen-bond acceptors (Lipinski definition) is 3. The van der Waals surface area contributed by atoms with Crippen LogP contribution in [0.25, 0.3) is 0 Å². The van der Waals surface area contributed by atoms with Crippen molar-refractivity contribution in [3.05, 3.63) is 23.8 Å². The molecule has 2 aliphatic heterocycles. The average molecular weight is 353 g/mol. The fourth-order valence-corrected chi connectivity index (χ4v) is 3.64. The van der Waals surface area contributed by atoms with Gasteiger partial charge < -0.3 is 10.1 Å². The van der Waals surface area contributed by atoms with Gasteiger partial charge in [-0.25, -0.2) is 0 Å². The van der Waals surface area contributed by atoms with Crippen LogP contribution in [0, 0.1) is 0 Å². The summed E-state index contributed by atoms with van der Waals surface area (Å²) in [6.45, 7) is 6.36. The van der Waals surface area contributed by atoms with Crippen LogP contribution in [0.2, 0.25) is 0 Å². The van der Waals surface area contributed by atoms with E-state index in [2.05, 4.69) is 30.1 Å². The lowest BCUT2D eigenvalue weighted by molar-refractivity contribution is -0.122. The third-order valence-electron chi connectivity index (χ3n) is 4.88. The minimum atomic E-state index is 0. The molecule has 2 aliphatic rings. The molecule has 2 atom stereocenters. The lowest BCUT2D eigenvalue weighted by atomic mass is 10.0. The van der Waals surface area contributed by atoms with Gasteiger partial charge in [0.05, 0.1) is 6.04 Å². The molecular formula is C19H29ClN2O2. The van der Waals surface area contributed by atoms with Crippen molar-refractivity contribution in [2.45, 2.75) is 64.5 Å². The van der Waals surface area contributed by atoms with Gasteiger partial charge in [0.1, 0.15) is 11.9 Å². The Bertz CT molecular complexity index is 564. The van der Waals surface area contributed by atoms with Gasteiger partial charge in [0.15, 0.2) is 0 Å². The number of anilines is 1. The zero-order valence-electron chi connectivity index (χ0n) is 14.7. The van der Waals surface area contributed by atoms with E-state index in [1.54, 1.807) is 0 Å². The minimum absolute atomic E-state index is 0. The molecule has 4 nitrogen and oxygen atoms in total. The Balaban J connectivity index is 0.00000208. The molecule has 1 aromatic carbocycles. The molecule has 134 valence electrons. The van der Waals surface area contributed by atoms with Gasteiger partial charge in [-0.05, 0) is 63.0 Å². The number of fused-ring (bicyclic) bond motifs is 1. The van der Waals surface area contributed by atoms with E-state index < -0.39 is 0 Å². The normalized spacial score (nSPS) is 23.1. The number of rotatable bonds is 5. The Kier molecular flexibility index (Phi) is 6.93. The van der Waals surface area contributed by atoms with Gasteiger partial charge in [-0.2, -0.15) is 0 Å². The Morgan fingerprint density at radius 2 is 2.21 bits per heavy atom. The van der Waals surface area contributed by atoms with Gasteiger partial charge >= 0.3 is 0 Å². The molecule has 2 unspecified atom stereocenters. The first-order valence-corrected chi connectivity index (χ1v) is 9.02. The molecule has 5 heteroatoms. The van der Waals surface area contributed by atoms with Crippen LogP contribution in [0.3, 0.4) is 0 Å². The maximum Gasteiger partial charge on any atom is 0.241 e. The predicted molar refractivity (Wildman–Crippen MR) is 100 cm³/mol. The van der Waals surface area contributed by atoms with Crippen LogP contribution in [-0.4, -0.2) is 36.0 Å². The van der Waals surface area contributed by atoms with Crippen LogP contribution in [0.15, 0.2) is 18.2 Å². The SMILES string of the molecule is CCCCN1CCCCC1C(=O)Nc1ccc2c(c1)CC(C)O2.Cl. The van der Waals surface area contributed by atoms with Crippen LogP contribution >= 0.6 is 12.4 Å². The number of hydrogen-bond donors (Lipinski definition) is 1. The van der Waals surface area contributed by atoms with Gasteiger partial charge in [0.2, 0.25) is 5.91 Å². The standard InChI is InChI=1S/C19H28N2O2.ClH/c1-3-4-10-21-11-6-5-7-17(21)19(22)20-16-8-9-18-15(13-16)12-14(2)23-18;/h8-9,13-14,17H,3-7,10-12H2,1-2H3,(H,20,22);1H. The Morgan fingerprint density at radius 1 is 1.38 bits per heavy atom. The van der Waals surface area contributed by atoms with E-state index >= 15 is 0 Å². The maximum atomic E-state index is 12.7. The van der Waals surface area contributed by atoms with E-state index in [9.17, 15) is 4.79 Å². The van der Waals surface area contributed by atoms with Crippen LogP contribution in [0.1, 0.15) is 51.5 Å². The predicted octanol–water partition coefficient (Wildman–Crippen LogP) is 4.02. The third kappa shape index (κ3) is 4.42. The van der Waals surface area contributed by atoms with Crippen molar-refractivity contribution in [1.82, 2.24) is 4.90 Å². The molecule has 1 amide bonds. The molecule has 3 rings (SSSR count). The van der Waals surface area contributed by atoms with E-state index in [0.717, 1.165) is 50.2 Å². The first-order chi connectivity index (χ1) is 11.2. The van der Waals surface area contributed by atoms with E-state index in [1.807, 2.05) is 12.1 Å². The van der Waals surface area contributed by atoms with E-state index in [1.165, 1.54) is 18.4 Å². The van der Waals surface area contributed by atoms with Crippen LogP contribution in [0.5, 0.6) is 5.75 Å². The summed E-state index contributed by atoms with van der Waals surface area (Å²) >= 11 is 0. The highest BCUT2D eigenvalue weighted by molar-refractivity contribution is 5.95. The molecule has 0 aromatic heterocycles. The van der Waals surface area contributed by atoms with Crippen LogP contribution < -0.4 is 10.1 Å². The molecule has 1 N–H and O–H groups in total. The number of piperidine rings is 1. The number of ether oxygens (including phenoxy) is 1. The first kappa shape index (κ1) is 19.1. The minimum Gasteiger partial charge on any atom is -0.490 e. The number of benzene rings is 1. The number of likely N-dealkylation sites (tertiary alicyclic amines) is 1. The highest BCUT2D eigenvalue weighted by atomic mass is 35.5. The lowest BCUT2D eigenvalue weighted by Crippen LogP contribution is -2.47. The lowest BCUT2D eigenvalue weighted by Gasteiger charge is -2.34. The number of nitrogens with zero attached hydrogens (tertiary/aromatic N) is 1. The van der Waals surface area contributed by atoms with Gasteiger partial charge in [-0.15, -0.1) is 12.4 Å². The highest BCUT2D eigenvalue weighted by Crippen LogP contribution is 2.31. The molecule has 0 aliphatic carbocycles. The number of amides is 1. The van der Waals surface area contributed by atoms with Gasteiger partial charge in [-0.1, -0.05) is 19.8 Å². The molecule has 0 bridgehead atoms. The molecule has 24 heavy (non-hydrogen) atoms. The van der Waals surface area contributed by atoms with Crippen molar-refractivity contribution >= 4 is 24.0 Å². The number of carbonyl (C=O) groups is 1. The monoisotopic (exact) mass is 352 g/mol. The van der Waals surface area contributed by atoms with Gasteiger partial charge in [0, 0.05) is 12.1 Å². The quantitative estimate of drug-likeness (QED) is 0.870. The molecule has 0 radical (unpaired) electrons. The van der Waals surface area contributed by atoms with Crippen molar-refractivity contribution in [3.8, 4) is 5.75 Å². The smallest absolute Gasteiger partial charge is 0.241 e. The fourth-order valence-electron chi connectivity index (χ4n) is 3.64. The molecular weight excluding hydrogens is 324 g/mol. The molecule has 0 spiro atoms. The molecule has 2 heterocycles. The second-order valence-corrected chi connectivity index (χ2v) is 6.85. The van der Waals surface area contributed by atoms with Crippen molar-refractivity contribution < 1.29 is 9.53 Å². The zero-order valence-corrected chi connectivity index (χ0v) is 15.5. The highest BCUT2D eigenvalue weighted by Gasteiger charge is 2.28. The Labute approximate surface area is 151 Å².